The van der Waals surface area contributed by atoms with Crippen molar-refractivity contribution in [3.8, 4) is 11.1 Å². The van der Waals surface area contributed by atoms with E-state index in [9.17, 15) is 4.39 Å². The third-order valence-electron chi connectivity index (χ3n) is 4.63. The normalized spacial score (nSPS) is 27.2. The number of nitrogens with zero attached hydrogens (tertiary/aromatic N) is 2. The molecular weight excluding hydrogens is 289 g/mol. The molecule has 0 spiro atoms. The number of hydrogen-bond donors (Lipinski definition) is 1. The van der Waals surface area contributed by atoms with E-state index in [1.807, 2.05) is 6.07 Å². The number of fused-ring (bicyclic) bond motifs is 2. The molecule has 2 fully saturated rings. The Morgan fingerprint density at radius 1 is 1.24 bits per heavy atom. The smallest absolute Gasteiger partial charge is 0.220 e. The second-order valence-corrected chi connectivity index (χ2v) is 6.25. The van der Waals surface area contributed by atoms with Crippen molar-refractivity contribution in [1.29, 1.82) is 0 Å². The zero-order valence-corrected chi connectivity index (χ0v) is 12.1. The van der Waals surface area contributed by atoms with Gasteiger partial charge in [-0.25, -0.2) is 9.97 Å². The van der Waals surface area contributed by atoms with E-state index < -0.39 is 5.95 Å². The summed E-state index contributed by atoms with van der Waals surface area (Å²) >= 11 is 5.90. The summed E-state index contributed by atoms with van der Waals surface area (Å²) in [5.74, 6) is -0.0231. The van der Waals surface area contributed by atoms with Crippen molar-refractivity contribution in [2.24, 2.45) is 0 Å². The highest BCUT2D eigenvalue weighted by Crippen LogP contribution is 2.40. The maximum atomic E-state index is 14.1. The average molecular weight is 304 g/mol. The molecule has 4 heterocycles. The molecule has 1 N–H and O–H groups in total. The van der Waals surface area contributed by atoms with Crippen LogP contribution in [-0.2, 0) is 0 Å². The molecule has 4 rings (SSSR count). The Kier molecular flexibility index (Phi) is 3.16. The SMILES string of the molecule is Fc1ncc(C2CC3CCC2N3)cc1-c1ccnc(Cl)c1. The molecule has 108 valence electrons. The maximum absolute atomic E-state index is 14.1. The van der Waals surface area contributed by atoms with Gasteiger partial charge in [-0.15, -0.1) is 0 Å². The summed E-state index contributed by atoms with van der Waals surface area (Å²) in [7, 11) is 0. The topological polar surface area (TPSA) is 37.8 Å². The lowest BCUT2D eigenvalue weighted by Crippen LogP contribution is -2.21. The van der Waals surface area contributed by atoms with Gasteiger partial charge < -0.3 is 5.32 Å². The van der Waals surface area contributed by atoms with Crippen LogP contribution in [0.2, 0.25) is 5.15 Å². The molecule has 0 saturated carbocycles. The predicted molar refractivity (Wildman–Crippen MR) is 79.7 cm³/mol. The standard InChI is InChI=1S/C16H15ClFN3/c17-15-6-9(3-4-19-15)13-5-10(8-20-16(13)18)12-7-11-1-2-14(12)21-11/h3-6,8,11-12,14,21H,1-2,7H2. The fraction of sp³-hybridized carbons (Fsp3) is 0.375. The minimum Gasteiger partial charge on any atom is -0.311 e. The van der Waals surface area contributed by atoms with E-state index >= 15 is 0 Å². The predicted octanol–water partition coefficient (Wildman–Crippen LogP) is 3.54. The Morgan fingerprint density at radius 2 is 2.14 bits per heavy atom. The second-order valence-electron chi connectivity index (χ2n) is 5.86. The largest absolute Gasteiger partial charge is 0.311 e. The van der Waals surface area contributed by atoms with Crippen molar-refractivity contribution in [2.45, 2.75) is 37.3 Å². The number of nitrogens with one attached hydrogen (secondary N) is 1. The summed E-state index contributed by atoms with van der Waals surface area (Å²) in [5, 5.41) is 3.97. The van der Waals surface area contributed by atoms with Crippen LogP contribution in [0.25, 0.3) is 11.1 Å². The number of rotatable bonds is 2. The van der Waals surface area contributed by atoms with Gasteiger partial charge in [0.15, 0.2) is 0 Å². The van der Waals surface area contributed by atoms with Gasteiger partial charge in [0.25, 0.3) is 0 Å². The number of aromatic nitrogens is 2. The molecule has 2 aromatic heterocycles. The molecule has 2 bridgehead atoms. The van der Waals surface area contributed by atoms with E-state index in [0.29, 0.717) is 28.7 Å². The molecule has 0 aromatic carbocycles. The van der Waals surface area contributed by atoms with Crippen LogP contribution in [0.4, 0.5) is 4.39 Å². The first-order chi connectivity index (χ1) is 10.2. The van der Waals surface area contributed by atoms with Gasteiger partial charge in [-0.3, -0.25) is 0 Å². The van der Waals surface area contributed by atoms with E-state index in [4.69, 9.17) is 11.6 Å². The zero-order valence-electron chi connectivity index (χ0n) is 11.4. The Hall–Kier alpha value is -1.52. The molecule has 3 nitrogen and oxygen atoms in total. The zero-order chi connectivity index (χ0) is 14.4. The number of halogens is 2. The van der Waals surface area contributed by atoms with Crippen LogP contribution in [0, 0.1) is 5.95 Å². The maximum Gasteiger partial charge on any atom is 0.220 e. The molecule has 3 atom stereocenters. The summed E-state index contributed by atoms with van der Waals surface area (Å²) < 4.78 is 14.1. The van der Waals surface area contributed by atoms with Crippen LogP contribution in [-0.4, -0.2) is 22.1 Å². The van der Waals surface area contributed by atoms with Crippen molar-refractivity contribution >= 4 is 11.6 Å². The van der Waals surface area contributed by atoms with Gasteiger partial charge >= 0.3 is 0 Å². The van der Waals surface area contributed by atoms with Gasteiger partial charge in [0.2, 0.25) is 5.95 Å². The summed E-state index contributed by atoms with van der Waals surface area (Å²) in [6, 6.07) is 6.47. The molecule has 21 heavy (non-hydrogen) atoms. The van der Waals surface area contributed by atoms with Crippen LogP contribution in [0.15, 0.2) is 30.6 Å². The molecule has 2 saturated heterocycles. The summed E-state index contributed by atoms with van der Waals surface area (Å²) in [4.78, 5) is 7.89. The Balaban J connectivity index is 1.73. The fourth-order valence-electron chi connectivity index (χ4n) is 3.63. The lowest BCUT2D eigenvalue weighted by atomic mass is 9.84. The van der Waals surface area contributed by atoms with Crippen molar-refractivity contribution in [3.63, 3.8) is 0 Å². The van der Waals surface area contributed by atoms with Gasteiger partial charge in [-0.2, -0.15) is 4.39 Å². The molecule has 2 aliphatic rings. The molecule has 0 radical (unpaired) electrons. The first kappa shape index (κ1) is 13.2. The minimum absolute atomic E-state index is 0.360. The summed E-state index contributed by atoms with van der Waals surface area (Å²) in [6.45, 7) is 0. The van der Waals surface area contributed by atoms with Crippen LogP contribution >= 0.6 is 11.6 Å². The molecule has 2 aliphatic heterocycles. The fourth-order valence-corrected chi connectivity index (χ4v) is 3.81. The minimum atomic E-state index is -0.461. The highest BCUT2D eigenvalue weighted by atomic mass is 35.5. The van der Waals surface area contributed by atoms with Crippen LogP contribution in [0.1, 0.15) is 30.7 Å². The van der Waals surface area contributed by atoms with Gasteiger partial charge in [0, 0.05) is 36.0 Å². The van der Waals surface area contributed by atoms with Gasteiger partial charge in [0.05, 0.1) is 0 Å². The molecule has 5 heteroatoms. The van der Waals surface area contributed by atoms with E-state index in [0.717, 1.165) is 17.5 Å². The van der Waals surface area contributed by atoms with Crippen molar-refractivity contribution in [3.05, 3.63) is 47.3 Å². The first-order valence-corrected chi connectivity index (χ1v) is 7.62. The molecule has 0 aliphatic carbocycles. The number of hydrogen-bond acceptors (Lipinski definition) is 3. The quantitative estimate of drug-likeness (QED) is 0.862. The van der Waals surface area contributed by atoms with Crippen molar-refractivity contribution in [2.75, 3.05) is 0 Å². The Labute approximate surface area is 127 Å². The third-order valence-corrected chi connectivity index (χ3v) is 4.83. The summed E-state index contributed by atoms with van der Waals surface area (Å²) in [5.41, 5.74) is 2.33. The van der Waals surface area contributed by atoms with E-state index in [1.54, 1.807) is 24.5 Å². The highest BCUT2D eigenvalue weighted by molar-refractivity contribution is 6.29. The highest BCUT2D eigenvalue weighted by Gasteiger charge is 2.39. The van der Waals surface area contributed by atoms with Crippen molar-refractivity contribution < 1.29 is 4.39 Å². The lowest BCUT2D eigenvalue weighted by Gasteiger charge is -2.20. The molecule has 3 unspecified atom stereocenters. The number of pyridine rings is 2. The second kappa shape index (κ2) is 5.04. The lowest BCUT2D eigenvalue weighted by molar-refractivity contribution is 0.502. The van der Waals surface area contributed by atoms with E-state index in [-0.39, 0.29) is 0 Å². The van der Waals surface area contributed by atoms with Gasteiger partial charge in [0.1, 0.15) is 5.15 Å². The van der Waals surface area contributed by atoms with Gasteiger partial charge in [-0.1, -0.05) is 11.6 Å². The molecule has 0 amide bonds. The van der Waals surface area contributed by atoms with Crippen LogP contribution < -0.4 is 5.32 Å². The Bertz CT molecular complexity index is 691. The van der Waals surface area contributed by atoms with E-state index in [1.165, 1.54) is 12.8 Å². The Morgan fingerprint density at radius 3 is 2.86 bits per heavy atom. The summed E-state index contributed by atoms with van der Waals surface area (Å²) in [6.07, 6.45) is 6.83. The molecule has 2 aromatic rings. The van der Waals surface area contributed by atoms with Gasteiger partial charge in [-0.05, 0) is 48.6 Å². The first-order valence-electron chi connectivity index (χ1n) is 7.24. The van der Waals surface area contributed by atoms with Crippen LogP contribution in [0.3, 0.4) is 0 Å². The third kappa shape index (κ3) is 2.32. The average Bonchev–Trinajstić information content (AvgIpc) is 3.10. The van der Waals surface area contributed by atoms with E-state index in [2.05, 4.69) is 15.3 Å². The molecular formula is C16H15ClFN3. The van der Waals surface area contributed by atoms with Crippen molar-refractivity contribution in [1.82, 2.24) is 15.3 Å². The van der Waals surface area contributed by atoms with Crippen LogP contribution in [0.5, 0.6) is 0 Å². The monoisotopic (exact) mass is 303 g/mol.